The van der Waals surface area contributed by atoms with Crippen LogP contribution in [0.5, 0.6) is 0 Å². The summed E-state index contributed by atoms with van der Waals surface area (Å²) in [5.41, 5.74) is 5.18. The minimum atomic E-state index is -0.641. The Morgan fingerprint density at radius 2 is 2.00 bits per heavy atom. The Labute approximate surface area is 115 Å². The van der Waals surface area contributed by atoms with Crippen LogP contribution in [-0.2, 0) is 4.79 Å². The molecule has 5 heteroatoms. The summed E-state index contributed by atoms with van der Waals surface area (Å²) in [6.45, 7) is 3.13. The molecule has 0 aromatic rings. The molecular formula is C13H24N2O2S. The van der Waals surface area contributed by atoms with E-state index in [9.17, 15) is 4.79 Å². The topological polar surface area (TPSA) is 66.6 Å². The van der Waals surface area contributed by atoms with E-state index < -0.39 is 5.41 Å². The molecule has 1 amide bonds. The molecule has 1 rings (SSSR count). The fraction of sp³-hybridized carbons (Fsp3) is 0.846. The molecule has 0 saturated heterocycles. The molecule has 4 nitrogen and oxygen atoms in total. The number of hydrogen-bond acceptors (Lipinski definition) is 3. The lowest BCUT2D eigenvalue weighted by Gasteiger charge is -2.33. The summed E-state index contributed by atoms with van der Waals surface area (Å²) in [6.07, 6.45) is 5.49. The predicted octanol–water partition coefficient (Wildman–Crippen LogP) is 1.45. The number of nitrogens with two attached hydrogens (primary N) is 1. The summed E-state index contributed by atoms with van der Waals surface area (Å²) in [4.78, 5) is 14.7. The van der Waals surface area contributed by atoms with Gasteiger partial charge >= 0.3 is 0 Å². The summed E-state index contributed by atoms with van der Waals surface area (Å²) in [6, 6.07) is 0. The highest BCUT2D eigenvalue weighted by Crippen LogP contribution is 2.40. The number of rotatable bonds is 7. The van der Waals surface area contributed by atoms with Crippen LogP contribution in [0.25, 0.3) is 0 Å². The maximum atomic E-state index is 12.7. The van der Waals surface area contributed by atoms with Crippen LogP contribution in [-0.4, -0.2) is 40.6 Å². The zero-order valence-corrected chi connectivity index (χ0v) is 12.0. The van der Waals surface area contributed by atoms with Gasteiger partial charge in [-0.05, 0) is 19.3 Å². The van der Waals surface area contributed by atoms with E-state index in [0.717, 1.165) is 38.5 Å². The standard InChI is InChI=1S/C13H24N2O2S/c1-2-3-8-15(9-10-16)12(17)13(11(14)18)6-4-5-7-13/h16H,2-10H2,1H3,(H2,14,18). The quantitative estimate of drug-likeness (QED) is 0.689. The van der Waals surface area contributed by atoms with Gasteiger partial charge in [0.2, 0.25) is 5.91 Å². The van der Waals surface area contributed by atoms with Gasteiger partial charge in [-0.15, -0.1) is 0 Å². The van der Waals surface area contributed by atoms with Crippen LogP contribution >= 0.6 is 12.2 Å². The monoisotopic (exact) mass is 272 g/mol. The van der Waals surface area contributed by atoms with Gasteiger partial charge in [0.1, 0.15) is 0 Å². The number of amides is 1. The molecule has 1 fully saturated rings. The highest BCUT2D eigenvalue weighted by molar-refractivity contribution is 7.80. The minimum Gasteiger partial charge on any atom is -0.395 e. The second kappa shape index (κ2) is 7.04. The molecule has 104 valence electrons. The minimum absolute atomic E-state index is 0.0110. The number of nitrogens with zero attached hydrogens (tertiary/aromatic N) is 1. The lowest BCUT2D eigenvalue weighted by Crippen LogP contribution is -2.50. The average molecular weight is 272 g/mol. The van der Waals surface area contributed by atoms with Crippen molar-refractivity contribution < 1.29 is 9.90 Å². The first-order chi connectivity index (χ1) is 8.58. The van der Waals surface area contributed by atoms with Gasteiger partial charge in [0.15, 0.2) is 0 Å². The molecule has 1 aliphatic rings. The summed E-state index contributed by atoms with van der Waals surface area (Å²) in [7, 11) is 0. The van der Waals surface area contributed by atoms with Gasteiger partial charge in [-0.1, -0.05) is 38.4 Å². The van der Waals surface area contributed by atoms with Crippen LogP contribution in [0.1, 0.15) is 45.4 Å². The van der Waals surface area contributed by atoms with E-state index >= 15 is 0 Å². The summed E-state index contributed by atoms with van der Waals surface area (Å²) < 4.78 is 0. The number of aliphatic hydroxyl groups is 1. The Morgan fingerprint density at radius 3 is 2.44 bits per heavy atom. The molecule has 1 aliphatic carbocycles. The van der Waals surface area contributed by atoms with Gasteiger partial charge in [-0.2, -0.15) is 0 Å². The number of thiocarbonyl (C=S) groups is 1. The van der Waals surface area contributed by atoms with Gasteiger partial charge in [0.25, 0.3) is 0 Å². The zero-order chi connectivity index (χ0) is 13.6. The number of unbranched alkanes of at least 4 members (excludes halogenated alkanes) is 1. The van der Waals surface area contributed by atoms with E-state index in [2.05, 4.69) is 6.92 Å². The van der Waals surface area contributed by atoms with Crippen molar-refractivity contribution in [3.63, 3.8) is 0 Å². The van der Waals surface area contributed by atoms with Crippen molar-refractivity contribution in [2.24, 2.45) is 11.1 Å². The Kier molecular flexibility index (Phi) is 6.02. The second-order valence-corrected chi connectivity index (χ2v) is 5.46. The van der Waals surface area contributed by atoms with E-state index in [1.807, 2.05) is 0 Å². The van der Waals surface area contributed by atoms with Crippen molar-refractivity contribution in [3.05, 3.63) is 0 Å². The molecule has 0 bridgehead atoms. The molecule has 3 N–H and O–H groups in total. The fourth-order valence-corrected chi connectivity index (χ4v) is 2.92. The summed E-state index contributed by atoms with van der Waals surface area (Å²) >= 11 is 5.13. The highest BCUT2D eigenvalue weighted by Gasteiger charge is 2.45. The van der Waals surface area contributed by atoms with Crippen molar-refractivity contribution in [2.75, 3.05) is 19.7 Å². The Balaban J connectivity index is 2.81. The van der Waals surface area contributed by atoms with Gasteiger partial charge in [-0.25, -0.2) is 0 Å². The first-order valence-electron chi connectivity index (χ1n) is 6.78. The van der Waals surface area contributed by atoms with Crippen molar-refractivity contribution in [1.82, 2.24) is 4.90 Å². The largest absolute Gasteiger partial charge is 0.395 e. The maximum Gasteiger partial charge on any atom is 0.235 e. The van der Waals surface area contributed by atoms with Gasteiger partial charge in [-0.3, -0.25) is 4.79 Å². The van der Waals surface area contributed by atoms with Crippen LogP contribution in [0, 0.1) is 5.41 Å². The third-order valence-corrected chi connectivity index (χ3v) is 4.17. The molecule has 0 heterocycles. The second-order valence-electron chi connectivity index (χ2n) is 5.02. The van der Waals surface area contributed by atoms with Gasteiger partial charge in [0, 0.05) is 13.1 Å². The van der Waals surface area contributed by atoms with Gasteiger partial charge < -0.3 is 15.7 Å². The van der Waals surface area contributed by atoms with Crippen LogP contribution in [0.4, 0.5) is 0 Å². The molecule has 0 unspecified atom stereocenters. The maximum absolute atomic E-state index is 12.7. The third kappa shape index (κ3) is 3.20. The number of carbonyl (C=O) groups excluding carboxylic acids is 1. The van der Waals surface area contributed by atoms with Crippen molar-refractivity contribution in [1.29, 1.82) is 0 Å². The van der Waals surface area contributed by atoms with E-state index in [1.165, 1.54) is 0 Å². The smallest absolute Gasteiger partial charge is 0.235 e. The fourth-order valence-electron chi connectivity index (χ4n) is 2.63. The molecule has 18 heavy (non-hydrogen) atoms. The van der Waals surface area contributed by atoms with Crippen LogP contribution < -0.4 is 5.73 Å². The predicted molar refractivity (Wildman–Crippen MR) is 76.3 cm³/mol. The number of carbonyl (C=O) groups is 1. The first-order valence-corrected chi connectivity index (χ1v) is 7.19. The van der Waals surface area contributed by atoms with E-state index in [0.29, 0.717) is 18.1 Å². The Bertz CT molecular complexity index is 301. The van der Waals surface area contributed by atoms with E-state index in [-0.39, 0.29) is 12.5 Å². The third-order valence-electron chi connectivity index (χ3n) is 3.78. The van der Waals surface area contributed by atoms with Gasteiger partial charge in [0.05, 0.1) is 17.0 Å². The van der Waals surface area contributed by atoms with Crippen molar-refractivity contribution in [2.45, 2.75) is 45.4 Å². The van der Waals surface area contributed by atoms with E-state index in [1.54, 1.807) is 4.90 Å². The molecule has 0 aromatic carbocycles. The molecule has 0 aromatic heterocycles. The highest BCUT2D eigenvalue weighted by atomic mass is 32.1. The number of aliphatic hydroxyl groups excluding tert-OH is 1. The number of hydrogen-bond donors (Lipinski definition) is 2. The lowest BCUT2D eigenvalue weighted by atomic mass is 9.84. The first kappa shape index (κ1) is 15.4. The van der Waals surface area contributed by atoms with Crippen molar-refractivity contribution in [3.8, 4) is 0 Å². The molecule has 0 spiro atoms. The molecular weight excluding hydrogens is 248 g/mol. The van der Waals surface area contributed by atoms with Crippen LogP contribution in [0.15, 0.2) is 0 Å². The van der Waals surface area contributed by atoms with Crippen LogP contribution in [0.2, 0.25) is 0 Å². The summed E-state index contributed by atoms with van der Waals surface area (Å²) in [5.74, 6) is 0.0231. The zero-order valence-electron chi connectivity index (χ0n) is 11.2. The normalized spacial score (nSPS) is 17.7. The van der Waals surface area contributed by atoms with E-state index in [4.69, 9.17) is 23.1 Å². The Hall–Kier alpha value is -0.680. The van der Waals surface area contributed by atoms with Crippen LogP contribution in [0.3, 0.4) is 0 Å². The molecule has 0 aliphatic heterocycles. The molecule has 1 saturated carbocycles. The van der Waals surface area contributed by atoms with Crippen molar-refractivity contribution >= 4 is 23.1 Å². The molecule has 0 atom stereocenters. The average Bonchev–Trinajstić information content (AvgIpc) is 2.84. The molecule has 0 radical (unpaired) electrons. The Morgan fingerprint density at radius 1 is 1.39 bits per heavy atom. The summed E-state index contributed by atoms with van der Waals surface area (Å²) in [5, 5.41) is 9.09. The lowest BCUT2D eigenvalue weighted by molar-refractivity contribution is -0.138. The SMILES string of the molecule is CCCCN(CCO)C(=O)C1(C(N)=S)CCCC1.